The molecular formula is C23H40N2O2. The van der Waals surface area contributed by atoms with Crippen LogP contribution in [-0.2, 0) is 11.2 Å². The lowest BCUT2D eigenvalue weighted by Gasteiger charge is -2.28. The summed E-state index contributed by atoms with van der Waals surface area (Å²) in [5.74, 6) is 0.592. The Morgan fingerprint density at radius 2 is 1.78 bits per heavy atom. The lowest BCUT2D eigenvalue weighted by Crippen LogP contribution is -2.41. The molecule has 0 aromatic heterocycles. The number of hydrogen-bond donors (Lipinski definition) is 1. The van der Waals surface area contributed by atoms with Crippen molar-refractivity contribution in [3.05, 3.63) is 35.4 Å². The zero-order valence-corrected chi connectivity index (χ0v) is 18.1. The van der Waals surface area contributed by atoms with Crippen LogP contribution in [0.3, 0.4) is 0 Å². The van der Waals surface area contributed by atoms with E-state index in [1.54, 1.807) is 0 Å². The Labute approximate surface area is 166 Å². The summed E-state index contributed by atoms with van der Waals surface area (Å²) in [7, 11) is 0. The van der Waals surface area contributed by atoms with Crippen LogP contribution in [0.5, 0.6) is 0 Å². The van der Waals surface area contributed by atoms with Gasteiger partial charge in [-0.1, -0.05) is 63.9 Å². The van der Waals surface area contributed by atoms with E-state index in [4.69, 9.17) is 0 Å². The van der Waals surface area contributed by atoms with Gasteiger partial charge in [-0.15, -0.1) is 0 Å². The number of amides is 1. The second-order valence-electron chi connectivity index (χ2n) is 7.43. The molecule has 0 bridgehead atoms. The number of hydrogen-bond acceptors (Lipinski definition) is 3. The van der Waals surface area contributed by atoms with Crippen LogP contribution in [0.4, 0.5) is 0 Å². The Kier molecular flexibility index (Phi) is 11.3. The number of carbonyl (C=O) groups is 1. The van der Waals surface area contributed by atoms with Crippen LogP contribution in [0.1, 0.15) is 70.9 Å². The van der Waals surface area contributed by atoms with Gasteiger partial charge in [0.15, 0.2) is 0 Å². The number of hydrazine groups is 1. The normalized spacial score (nSPS) is 16.8. The van der Waals surface area contributed by atoms with Crippen molar-refractivity contribution in [2.45, 2.75) is 79.2 Å². The number of nitrogens with zero attached hydrogens (tertiary/aromatic N) is 2. The summed E-state index contributed by atoms with van der Waals surface area (Å²) in [5.41, 5.74) is 2.53. The third kappa shape index (κ3) is 8.02. The van der Waals surface area contributed by atoms with Gasteiger partial charge in [0.05, 0.1) is 6.10 Å². The summed E-state index contributed by atoms with van der Waals surface area (Å²) in [6.45, 7) is 12.8. The molecule has 0 radical (unpaired) electrons. The van der Waals surface area contributed by atoms with Gasteiger partial charge in [-0.3, -0.25) is 9.80 Å². The molecule has 1 saturated heterocycles. The first-order chi connectivity index (χ1) is 13.0. The molecular weight excluding hydrogens is 336 g/mol. The van der Waals surface area contributed by atoms with Crippen molar-refractivity contribution in [2.24, 2.45) is 5.92 Å². The molecule has 2 unspecified atom stereocenters. The quantitative estimate of drug-likeness (QED) is 0.649. The van der Waals surface area contributed by atoms with Gasteiger partial charge >= 0.3 is 0 Å². The number of benzene rings is 1. The largest absolute Gasteiger partial charge is 0.393 e. The zero-order valence-electron chi connectivity index (χ0n) is 18.1. The molecule has 2 atom stereocenters. The first-order valence-corrected chi connectivity index (χ1v) is 10.8. The van der Waals surface area contributed by atoms with E-state index in [0.29, 0.717) is 12.3 Å². The molecule has 4 nitrogen and oxygen atoms in total. The van der Waals surface area contributed by atoms with Crippen LogP contribution in [0, 0.1) is 12.8 Å². The van der Waals surface area contributed by atoms with Gasteiger partial charge in [-0.25, -0.2) is 5.01 Å². The summed E-state index contributed by atoms with van der Waals surface area (Å²) in [5, 5.41) is 14.3. The summed E-state index contributed by atoms with van der Waals surface area (Å²) in [6.07, 6.45) is 5.22. The van der Waals surface area contributed by atoms with Crippen LogP contribution in [0.2, 0.25) is 0 Å². The Morgan fingerprint density at radius 1 is 1.11 bits per heavy atom. The fourth-order valence-corrected chi connectivity index (χ4v) is 3.54. The number of aryl methyl sites for hydroxylation is 1. The second-order valence-corrected chi connectivity index (χ2v) is 7.43. The Bertz CT molecular complexity index is 530. The highest BCUT2D eigenvalue weighted by atomic mass is 16.3. The average Bonchev–Trinajstić information content (AvgIpc) is 3.03. The van der Waals surface area contributed by atoms with Gasteiger partial charge in [0, 0.05) is 26.1 Å². The van der Waals surface area contributed by atoms with Crippen molar-refractivity contribution >= 4 is 5.91 Å². The van der Waals surface area contributed by atoms with Crippen LogP contribution < -0.4 is 0 Å². The fraction of sp³-hybridized carbons (Fsp3) is 0.696. The van der Waals surface area contributed by atoms with Crippen molar-refractivity contribution < 1.29 is 9.90 Å². The van der Waals surface area contributed by atoms with Crippen molar-refractivity contribution in [3.8, 4) is 0 Å². The third-order valence-corrected chi connectivity index (χ3v) is 5.26. The Balaban J connectivity index is 0.00000176. The molecule has 1 amide bonds. The van der Waals surface area contributed by atoms with E-state index in [1.807, 2.05) is 18.9 Å². The third-order valence-electron chi connectivity index (χ3n) is 5.26. The lowest BCUT2D eigenvalue weighted by molar-refractivity contribution is -0.138. The van der Waals surface area contributed by atoms with Crippen molar-refractivity contribution in [3.63, 3.8) is 0 Å². The van der Waals surface area contributed by atoms with Gasteiger partial charge in [0.1, 0.15) is 0 Å². The predicted molar refractivity (Wildman–Crippen MR) is 113 cm³/mol. The molecule has 4 heteroatoms. The van der Waals surface area contributed by atoms with E-state index in [9.17, 15) is 9.90 Å². The SMILES string of the molecule is CC.CCCC(C)C(O)CCCN1CCC(=O)N1CCc1ccc(C)cc1. The highest BCUT2D eigenvalue weighted by Gasteiger charge is 2.28. The zero-order chi connectivity index (χ0) is 20.2. The number of carbonyl (C=O) groups excluding carboxylic acids is 1. The Hall–Kier alpha value is -1.39. The van der Waals surface area contributed by atoms with E-state index in [0.717, 1.165) is 51.7 Å². The first kappa shape index (κ1) is 23.6. The molecule has 1 aromatic rings. The molecule has 27 heavy (non-hydrogen) atoms. The minimum atomic E-state index is -0.223. The van der Waals surface area contributed by atoms with Gasteiger partial charge in [-0.05, 0) is 44.1 Å². The van der Waals surface area contributed by atoms with Crippen molar-refractivity contribution in [2.75, 3.05) is 19.6 Å². The van der Waals surface area contributed by atoms with E-state index in [2.05, 4.69) is 50.0 Å². The number of rotatable bonds is 10. The smallest absolute Gasteiger partial charge is 0.238 e. The van der Waals surface area contributed by atoms with Crippen LogP contribution >= 0.6 is 0 Å². The van der Waals surface area contributed by atoms with Gasteiger partial charge in [0.25, 0.3) is 0 Å². The molecule has 0 aliphatic carbocycles. The summed E-state index contributed by atoms with van der Waals surface area (Å²) in [6, 6.07) is 8.53. The topological polar surface area (TPSA) is 43.8 Å². The van der Waals surface area contributed by atoms with E-state index < -0.39 is 0 Å². The molecule has 1 aliphatic heterocycles. The van der Waals surface area contributed by atoms with Crippen LogP contribution in [0.25, 0.3) is 0 Å². The molecule has 1 heterocycles. The molecule has 1 N–H and O–H groups in total. The van der Waals surface area contributed by atoms with Gasteiger partial charge < -0.3 is 5.11 Å². The number of aliphatic hydroxyl groups is 1. The molecule has 0 saturated carbocycles. The van der Waals surface area contributed by atoms with E-state index in [-0.39, 0.29) is 12.0 Å². The number of aliphatic hydroxyl groups excluding tert-OH is 1. The van der Waals surface area contributed by atoms with Crippen molar-refractivity contribution in [1.82, 2.24) is 10.0 Å². The summed E-state index contributed by atoms with van der Waals surface area (Å²) < 4.78 is 0. The fourth-order valence-electron chi connectivity index (χ4n) is 3.54. The average molecular weight is 377 g/mol. The maximum atomic E-state index is 12.2. The van der Waals surface area contributed by atoms with Gasteiger partial charge in [0.2, 0.25) is 5.91 Å². The lowest BCUT2D eigenvalue weighted by atomic mass is 9.96. The second kappa shape index (κ2) is 12.9. The van der Waals surface area contributed by atoms with E-state index in [1.165, 1.54) is 11.1 Å². The summed E-state index contributed by atoms with van der Waals surface area (Å²) in [4.78, 5) is 12.2. The van der Waals surface area contributed by atoms with Crippen LogP contribution in [-0.4, -0.2) is 46.8 Å². The van der Waals surface area contributed by atoms with Crippen LogP contribution in [0.15, 0.2) is 24.3 Å². The highest BCUT2D eigenvalue weighted by Crippen LogP contribution is 2.18. The summed E-state index contributed by atoms with van der Waals surface area (Å²) >= 11 is 0. The first-order valence-electron chi connectivity index (χ1n) is 10.8. The minimum absolute atomic E-state index is 0.223. The van der Waals surface area contributed by atoms with Gasteiger partial charge in [-0.2, -0.15) is 0 Å². The van der Waals surface area contributed by atoms with E-state index >= 15 is 0 Å². The maximum absolute atomic E-state index is 12.2. The Morgan fingerprint density at radius 3 is 2.41 bits per heavy atom. The molecule has 154 valence electrons. The molecule has 0 spiro atoms. The molecule has 1 aromatic carbocycles. The van der Waals surface area contributed by atoms with Crippen molar-refractivity contribution in [1.29, 1.82) is 0 Å². The molecule has 1 fully saturated rings. The predicted octanol–water partition coefficient (Wildman–Crippen LogP) is 4.59. The minimum Gasteiger partial charge on any atom is -0.393 e. The monoisotopic (exact) mass is 376 g/mol. The molecule has 2 rings (SSSR count). The maximum Gasteiger partial charge on any atom is 0.238 e. The standard InChI is InChI=1S/C21H34N2O2.C2H6/c1-4-6-18(3)20(24)7-5-14-22-15-13-21(25)23(22)16-12-19-10-8-17(2)9-11-19;1-2/h8-11,18,20,24H,4-7,12-16H2,1-3H3;1-2H3. The highest BCUT2D eigenvalue weighted by molar-refractivity contribution is 5.77. The molecule has 1 aliphatic rings.